The molecule has 0 saturated heterocycles. The predicted octanol–water partition coefficient (Wildman–Crippen LogP) is 2.47. The van der Waals surface area contributed by atoms with E-state index in [2.05, 4.69) is 10.6 Å². The van der Waals surface area contributed by atoms with Crippen LogP contribution in [0.15, 0.2) is 18.2 Å². The molecule has 0 unspecified atom stereocenters. The van der Waals surface area contributed by atoms with Gasteiger partial charge in [-0.05, 0) is 18.9 Å². The minimum atomic E-state index is -2.81. The monoisotopic (exact) mass is 299 g/mol. The Labute approximate surface area is 119 Å². The maximum atomic E-state index is 12.9. The van der Waals surface area contributed by atoms with Crippen LogP contribution in [0.5, 0.6) is 0 Å². The number of hydrogen-bond acceptors (Lipinski definition) is 4. The molecule has 6 nitrogen and oxygen atoms in total. The van der Waals surface area contributed by atoms with E-state index in [1.807, 2.05) is 0 Å². The summed E-state index contributed by atoms with van der Waals surface area (Å²) in [5.74, 6) is 0.0792. The van der Waals surface area contributed by atoms with Gasteiger partial charge in [0, 0.05) is 42.4 Å². The fraction of sp³-hybridized carbons (Fsp3) is 0.462. The van der Waals surface area contributed by atoms with Crippen molar-refractivity contribution in [3.63, 3.8) is 0 Å². The van der Waals surface area contributed by atoms with Crippen LogP contribution in [0.25, 0.3) is 0 Å². The maximum Gasteiger partial charge on any atom is 0.270 e. The molecule has 1 aromatic rings. The number of halogens is 2. The number of nitrogens with zero attached hydrogens (tertiary/aromatic N) is 1. The molecule has 0 heterocycles. The van der Waals surface area contributed by atoms with E-state index < -0.39 is 16.9 Å². The van der Waals surface area contributed by atoms with E-state index in [0.29, 0.717) is 6.54 Å². The number of amides is 1. The third-order valence-electron chi connectivity index (χ3n) is 3.17. The molecule has 2 rings (SSSR count). The van der Waals surface area contributed by atoms with Crippen molar-refractivity contribution in [3.05, 3.63) is 33.9 Å². The SMILES string of the molecule is O=C(NCCNc1ccc([N+](=O)[O-])cc1C(F)F)C1CC1. The van der Waals surface area contributed by atoms with Crippen molar-refractivity contribution in [1.82, 2.24) is 5.32 Å². The minimum Gasteiger partial charge on any atom is -0.383 e. The van der Waals surface area contributed by atoms with Gasteiger partial charge in [-0.3, -0.25) is 14.9 Å². The lowest BCUT2D eigenvalue weighted by atomic mass is 10.1. The average Bonchev–Trinajstić information content (AvgIpc) is 3.27. The van der Waals surface area contributed by atoms with E-state index in [9.17, 15) is 23.7 Å². The summed E-state index contributed by atoms with van der Waals surface area (Å²) in [5, 5.41) is 16.0. The third-order valence-corrected chi connectivity index (χ3v) is 3.17. The molecular weight excluding hydrogens is 284 g/mol. The van der Waals surface area contributed by atoms with E-state index in [4.69, 9.17) is 0 Å². The Morgan fingerprint density at radius 3 is 2.67 bits per heavy atom. The van der Waals surface area contributed by atoms with E-state index in [1.165, 1.54) is 6.07 Å². The molecule has 1 saturated carbocycles. The molecule has 0 atom stereocenters. The molecule has 1 aromatic carbocycles. The first-order valence-corrected chi connectivity index (χ1v) is 6.57. The summed E-state index contributed by atoms with van der Waals surface area (Å²) in [6, 6.07) is 3.27. The molecule has 0 radical (unpaired) electrons. The summed E-state index contributed by atoms with van der Waals surface area (Å²) in [5.41, 5.74) is -0.660. The van der Waals surface area contributed by atoms with Gasteiger partial charge in [-0.15, -0.1) is 0 Å². The summed E-state index contributed by atoms with van der Waals surface area (Å²) in [7, 11) is 0. The zero-order valence-electron chi connectivity index (χ0n) is 11.1. The number of nitro groups is 1. The number of rotatable bonds is 7. The van der Waals surface area contributed by atoms with Crippen LogP contribution in [-0.4, -0.2) is 23.9 Å². The van der Waals surface area contributed by atoms with Crippen LogP contribution in [-0.2, 0) is 4.79 Å². The van der Waals surface area contributed by atoms with Crippen molar-refractivity contribution >= 4 is 17.3 Å². The average molecular weight is 299 g/mol. The summed E-state index contributed by atoms with van der Waals surface area (Å²) in [6.45, 7) is 0.588. The van der Waals surface area contributed by atoms with Crippen LogP contribution in [0.2, 0.25) is 0 Å². The smallest absolute Gasteiger partial charge is 0.270 e. The topological polar surface area (TPSA) is 84.3 Å². The Kier molecular flexibility index (Phi) is 4.66. The van der Waals surface area contributed by atoms with Gasteiger partial charge in [0.2, 0.25) is 5.91 Å². The molecule has 0 aliphatic heterocycles. The molecular formula is C13H15F2N3O3. The van der Waals surface area contributed by atoms with Gasteiger partial charge in [-0.25, -0.2) is 8.78 Å². The lowest BCUT2D eigenvalue weighted by molar-refractivity contribution is -0.385. The molecule has 1 aliphatic rings. The van der Waals surface area contributed by atoms with E-state index in [1.54, 1.807) is 0 Å². The van der Waals surface area contributed by atoms with Crippen molar-refractivity contribution in [3.8, 4) is 0 Å². The number of hydrogen-bond donors (Lipinski definition) is 2. The lowest BCUT2D eigenvalue weighted by Gasteiger charge is -2.12. The van der Waals surface area contributed by atoms with Gasteiger partial charge in [0.1, 0.15) is 0 Å². The molecule has 2 N–H and O–H groups in total. The van der Waals surface area contributed by atoms with Crippen molar-refractivity contribution in [2.45, 2.75) is 19.3 Å². The number of nitrogens with one attached hydrogen (secondary N) is 2. The van der Waals surface area contributed by atoms with E-state index in [-0.39, 0.29) is 29.7 Å². The van der Waals surface area contributed by atoms with Gasteiger partial charge in [0.15, 0.2) is 0 Å². The van der Waals surface area contributed by atoms with Crippen molar-refractivity contribution in [2.24, 2.45) is 5.92 Å². The number of carbonyl (C=O) groups is 1. The van der Waals surface area contributed by atoms with Crippen molar-refractivity contribution in [2.75, 3.05) is 18.4 Å². The number of anilines is 1. The normalized spacial score (nSPS) is 14.0. The van der Waals surface area contributed by atoms with Gasteiger partial charge >= 0.3 is 0 Å². The van der Waals surface area contributed by atoms with Gasteiger partial charge < -0.3 is 10.6 Å². The first-order valence-electron chi connectivity index (χ1n) is 6.57. The Hall–Kier alpha value is -2.25. The fourth-order valence-corrected chi connectivity index (χ4v) is 1.88. The second-order valence-corrected chi connectivity index (χ2v) is 4.82. The Bertz CT molecular complexity index is 547. The van der Waals surface area contributed by atoms with Crippen LogP contribution in [0.1, 0.15) is 24.8 Å². The molecule has 1 fully saturated rings. The number of carbonyl (C=O) groups excluding carboxylic acids is 1. The Morgan fingerprint density at radius 1 is 1.38 bits per heavy atom. The van der Waals surface area contributed by atoms with Crippen LogP contribution in [0.3, 0.4) is 0 Å². The molecule has 0 bridgehead atoms. The molecule has 0 spiro atoms. The van der Waals surface area contributed by atoms with Crippen LogP contribution >= 0.6 is 0 Å². The second kappa shape index (κ2) is 6.47. The highest BCUT2D eigenvalue weighted by Gasteiger charge is 2.29. The number of benzene rings is 1. The van der Waals surface area contributed by atoms with Gasteiger partial charge in [0.25, 0.3) is 12.1 Å². The summed E-state index contributed by atoms with van der Waals surface area (Å²) in [6.07, 6.45) is -1.01. The molecule has 21 heavy (non-hydrogen) atoms. The molecule has 0 aromatic heterocycles. The fourth-order valence-electron chi connectivity index (χ4n) is 1.88. The number of nitro benzene ring substituents is 1. The minimum absolute atomic E-state index is 0.0189. The standard InChI is InChI=1S/C13H15F2N3O3/c14-12(15)10-7-9(18(20)21)3-4-11(10)16-5-6-17-13(19)8-1-2-8/h3-4,7-8,12,16H,1-2,5-6H2,(H,17,19). The predicted molar refractivity (Wildman–Crippen MR) is 72.3 cm³/mol. The van der Waals surface area contributed by atoms with Crippen LogP contribution in [0, 0.1) is 16.0 Å². The number of non-ortho nitro benzene ring substituents is 1. The van der Waals surface area contributed by atoms with Gasteiger partial charge in [-0.1, -0.05) is 0 Å². The maximum absolute atomic E-state index is 12.9. The molecule has 1 aliphatic carbocycles. The highest BCUT2D eigenvalue weighted by atomic mass is 19.3. The quantitative estimate of drug-likeness (QED) is 0.460. The largest absolute Gasteiger partial charge is 0.383 e. The van der Waals surface area contributed by atoms with Gasteiger partial charge in [0.05, 0.1) is 4.92 Å². The van der Waals surface area contributed by atoms with Crippen molar-refractivity contribution < 1.29 is 18.5 Å². The van der Waals surface area contributed by atoms with Crippen LogP contribution in [0.4, 0.5) is 20.2 Å². The van der Waals surface area contributed by atoms with E-state index >= 15 is 0 Å². The summed E-state index contributed by atoms with van der Waals surface area (Å²) >= 11 is 0. The molecule has 1 amide bonds. The first-order chi connectivity index (χ1) is 9.99. The second-order valence-electron chi connectivity index (χ2n) is 4.82. The van der Waals surface area contributed by atoms with Crippen molar-refractivity contribution in [1.29, 1.82) is 0 Å². The Morgan fingerprint density at radius 2 is 2.10 bits per heavy atom. The third kappa shape index (κ3) is 4.11. The zero-order chi connectivity index (χ0) is 15.4. The van der Waals surface area contributed by atoms with Crippen LogP contribution < -0.4 is 10.6 Å². The summed E-state index contributed by atoms with van der Waals surface area (Å²) in [4.78, 5) is 21.2. The summed E-state index contributed by atoms with van der Waals surface area (Å²) < 4.78 is 25.8. The molecule has 114 valence electrons. The highest BCUT2D eigenvalue weighted by Crippen LogP contribution is 2.30. The first kappa shape index (κ1) is 15.1. The lowest BCUT2D eigenvalue weighted by Crippen LogP contribution is -2.29. The zero-order valence-corrected chi connectivity index (χ0v) is 11.1. The van der Waals surface area contributed by atoms with E-state index in [0.717, 1.165) is 25.0 Å². The highest BCUT2D eigenvalue weighted by molar-refractivity contribution is 5.80. The molecule has 8 heteroatoms. The Balaban J connectivity index is 1.91. The van der Waals surface area contributed by atoms with Gasteiger partial charge in [-0.2, -0.15) is 0 Å². The number of alkyl halides is 2.